The lowest BCUT2D eigenvalue weighted by Crippen LogP contribution is -2.47. The van der Waals surface area contributed by atoms with Crippen molar-refractivity contribution in [1.29, 1.82) is 0 Å². The summed E-state index contributed by atoms with van der Waals surface area (Å²) in [6, 6.07) is 7.21. The smallest absolute Gasteiger partial charge is 0.227 e. The number of carbonyl (C=O) groups excluding carboxylic acids is 1. The molecule has 27 heavy (non-hydrogen) atoms. The van der Waals surface area contributed by atoms with Crippen LogP contribution in [0.2, 0.25) is 5.02 Å². The second-order valence-corrected chi connectivity index (χ2v) is 7.32. The highest BCUT2D eigenvalue weighted by atomic mass is 35.5. The number of benzene rings is 1. The number of morpholine rings is 1. The summed E-state index contributed by atoms with van der Waals surface area (Å²) in [5.41, 5.74) is 0.827. The van der Waals surface area contributed by atoms with Gasteiger partial charge in [0, 0.05) is 49.6 Å². The lowest BCUT2D eigenvalue weighted by molar-refractivity contribution is -0.121. The predicted molar refractivity (Wildman–Crippen MR) is 103 cm³/mol. The van der Waals surface area contributed by atoms with Crippen LogP contribution in [0.25, 0.3) is 11.4 Å². The zero-order valence-corrected chi connectivity index (χ0v) is 16.4. The van der Waals surface area contributed by atoms with Crippen LogP contribution in [-0.2, 0) is 16.0 Å². The van der Waals surface area contributed by atoms with Crippen LogP contribution in [0.15, 0.2) is 28.8 Å². The maximum Gasteiger partial charge on any atom is 0.227 e. The van der Waals surface area contributed by atoms with Gasteiger partial charge in [-0.2, -0.15) is 4.98 Å². The fourth-order valence-corrected chi connectivity index (χ4v) is 3.33. The van der Waals surface area contributed by atoms with Crippen molar-refractivity contribution in [2.24, 2.45) is 0 Å². The molecule has 0 unspecified atom stereocenters. The van der Waals surface area contributed by atoms with Gasteiger partial charge < -0.3 is 14.6 Å². The van der Waals surface area contributed by atoms with Gasteiger partial charge in [0.1, 0.15) is 0 Å². The molecule has 0 saturated carbocycles. The number of aromatic nitrogens is 2. The predicted octanol–water partition coefficient (Wildman–Crippen LogP) is 2.55. The molecule has 1 fully saturated rings. The fourth-order valence-electron chi connectivity index (χ4n) is 3.20. The van der Waals surface area contributed by atoms with Crippen molar-refractivity contribution in [2.45, 2.75) is 38.9 Å². The molecular formula is C19H25ClN4O3. The van der Waals surface area contributed by atoms with Gasteiger partial charge in [0.05, 0.1) is 12.2 Å². The highest BCUT2D eigenvalue weighted by Crippen LogP contribution is 2.19. The van der Waals surface area contributed by atoms with Crippen LogP contribution < -0.4 is 5.32 Å². The Morgan fingerprint density at radius 1 is 1.26 bits per heavy atom. The normalized spacial score (nSPS) is 20.6. The molecule has 1 aliphatic heterocycles. The first-order chi connectivity index (χ1) is 13.0. The average Bonchev–Trinajstić information content (AvgIpc) is 3.09. The Bertz CT molecular complexity index is 740. The van der Waals surface area contributed by atoms with E-state index in [4.69, 9.17) is 20.9 Å². The summed E-state index contributed by atoms with van der Waals surface area (Å²) in [4.78, 5) is 18.7. The van der Waals surface area contributed by atoms with Crippen LogP contribution in [-0.4, -0.2) is 59.3 Å². The molecule has 1 aromatic heterocycles. The molecule has 0 radical (unpaired) electrons. The highest BCUT2D eigenvalue weighted by molar-refractivity contribution is 6.30. The summed E-state index contributed by atoms with van der Waals surface area (Å²) >= 11 is 5.88. The SMILES string of the molecule is C[C@@H]1CN(CCNC(=O)CCc2nc(-c3ccc(Cl)cc3)no2)C[C@H](C)O1. The molecule has 1 aromatic carbocycles. The van der Waals surface area contributed by atoms with Crippen LogP contribution in [0.3, 0.4) is 0 Å². The van der Waals surface area contributed by atoms with Gasteiger partial charge in [0.25, 0.3) is 0 Å². The van der Waals surface area contributed by atoms with E-state index in [2.05, 4.69) is 34.2 Å². The first-order valence-electron chi connectivity index (χ1n) is 9.22. The molecule has 1 N–H and O–H groups in total. The summed E-state index contributed by atoms with van der Waals surface area (Å²) in [5.74, 6) is 0.930. The van der Waals surface area contributed by atoms with Gasteiger partial charge in [-0.25, -0.2) is 0 Å². The lowest BCUT2D eigenvalue weighted by Gasteiger charge is -2.35. The first kappa shape index (κ1) is 19.8. The second-order valence-electron chi connectivity index (χ2n) is 6.89. The number of ether oxygens (including phenoxy) is 1. The number of carbonyl (C=O) groups is 1. The van der Waals surface area contributed by atoms with Crippen LogP contribution in [0.5, 0.6) is 0 Å². The van der Waals surface area contributed by atoms with Gasteiger partial charge in [-0.1, -0.05) is 16.8 Å². The van der Waals surface area contributed by atoms with Crippen molar-refractivity contribution in [3.8, 4) is 11.4 Å². The third-order valence-corrected chi connectivity index (χ3v) is 4.63. The van der Waals surface area contributed by atoms with Crippen LogP contribution in [0.1, 0.15) is 26.2 Å². The van der Waals surface area contributed by atoms with E-state index >= 15 is 0 Å². The van der Waals surface area contributed by atoms with Gasteiger partial charge in [-0.3, -0.25) is 9.69 Å². The molecule has 7 nitrogen and oxygen atoms in total. The summed E-state index contributed by atoms with van der Waals surface area (Å²) in [6.45, 7) is 7.39. The van der Waals surface area contributed by atoms with Crippen molar-refractivity contribution in [1.82, 2.24) is 20.4 Å². The maximum absolute atomic E-state index is 12.0. The van der Waals surface area contributed by atoms with Gasteiger partial charge >= 0.3 is 0 Å². The Morgan fingerprint density at radius 2 is 1.96 bits per heavy atom. The summed E-state index contributed by atoms with van der Waals surface area (Å²) in [7, 11) is 0. The van der Waals surface area contributed by atoms with E-state index in [9.17, 15) is 4.79 Å². The summed E-state index contributed by atoms with van der Waals surface area (Å²) in [6.07, 6.45) is 1.20. The number of hydrogen-bond acceptors (Lipinski definition) is 6. The minimum absolute atomic E-state index is 0.0180. The molecule has 3 rings (SSSR count). The Kier molecular flexibility index (Phi) is 6.82. The van der Waals surface area contributed by atoms with Crippen molar-refractivity contribution >= 4 is 17.5 Å². The first-order valence-corrected chi connectivity index (χ1v) is 9.60. The molecule has 2 atom stereocenters. The van der Waals surface area contributed by atoms with Crippen LogP contribution in [0.4, 0.5) is 0 Å². The number of amides is 1. The number of nitrogens with one attached hydrogen (secondary N) is 1. The molecule has 1 amide bonds. The van der Waals surface area contributed by atoms with Gasteiger partial charge in [0.2, 0.25) is 17.6 Å². The monoisotopic (exact) mass is 392 g/mol. The van der Waals surface area contributed by atoms with Crippen molar-refractivity contribution in [3.05, 3.63) is 35.2 Å². The molecule has 0 aliphatic carbocycles. The standard InChI is InChI=1S/C19H25ClN4O3/c1-13-11-24(12-14(2)26-13)10-9-21-17(25)7-8-18-22-19(23-27-18)15-3-5-16(20)6-4-15/h3-6,13-14H,7-12H2,1-2H3,(H,21,25)/t13-,14+. The van der Waals surface area contributed by atoms with Crippen LogP contribution >= 0.6 is 11.6 Å². The van der Waals surface area contributed by atoms with E-state index in [1.807, 2.05) is 12.1 Å². The zero-order valence-electron chi connectivity index (χ0n) is 15.7. The molecule has 146 valence electrons. The number of aryl methyl sites for hydroxylation is 1. The van der Waals surface area contributed by atoms with E-state index in [0.29, 0.717) is 36.1 Å². The molecule has 0 bridgehead atoms. The Labute approximate surface area is 164 Å². The van der Waals surface area contributed by atoms with E-state index in [1.54, 1.807) is 12.1 Å². The number of halogens is 1. The van der Waals surface area contributed by atoms with Crippen LogP contribution in [0, 0.1) is 0 Å². The van der Waals surface area contributed by atoms with E-state index in [1.165, 1.54) is 0 Å². The molecule has 2 heterocycles. The second kappa shape index (κ2) is 9.30. The van der Waals surface area contributed by atoms with Crippen molar-refractivity contribution in [3.63, 3.8) is 0 Å². The summed E-state index contributed by atoms with van der Waals surface area (Å²) < 4.78 is 10.9. The minimum atomic E-state index is -0.0180. The van der Waals surface area contributed by atoms with Gasteiger partial charge in [-0.15, -0.1) is 0 Å². The minimum Gasteiger partial charge on any atom is -0.373 e. The third kappa shape index (κ3) is 6.02. The van der Waals surface area contributed by atoms with Gasteiger partial charge in [-0.05, 0) is 38.1 Å². The Balaban J connectivity index is 1.39. The third-order valence-electron chi connectivity index (χ3n) is 4.38. The quantitative estimate of drug-likeness (QED) is 0.779. The Morgan fingerprint density at radius 3 is 2.67 bits per heavy atom. The van der Waals surface area contributed by atoms with E-state index < -0.39 is 0 Å². The number of nitrogens with zero attached hydrogens (tertiary/aromatic N) is 3. The fraction of sp³-hybridized carbons (Fsp3) is 0.526. The molecule has 1 aliphatic rings. The molecule has 0 spiro atoms. The Hall–Kier alpha value is -1.96. The lowest BCUT2D eigenvalue weighted by atomic mass is 10.2. The summed E-state index contributed by atoms with van der Waals surface area (Å²) in [5, 5.41) is 7.55. The van der Waals surface area contributed by atoms with Crippen molar-refractivity contribution < 1.29 is 14.1 Å². The van der Waals surface area contributed by atoms with Crippen molar-refractivity contribution in [2.75, 3.05) is 26.2 Å². The van der Waals surface area contributed by atoms with E-state index in [-0.39, 0.29) is 18.1 Å². The largest absolute Gasteiger partial charge is 0.373 e. The topological polar surface area (TPSA) is 80.5 Å². The number of hydrogen-bond donors (Lipinski definition) is 1. The van der Waals surface area contributed by atoms with E-state index in [0.717, 1.165) is 25.2 Å². The molecule has 2 aromatic rings. The molecule has 8 heteroatoms. The number of rotatable bonds is 7. The zero-order chi connectivity index (χ0) is 19.2. The molecule has 1 saturated heterocycles. The average molecular weight is 393 g/mol. The maximum atomic E-state index is 12.0. The molecular weight excluding hydrogens is 368 g/mol. The van der Waals surface area contributed by atoms with Gasteiger partial charge in [0.15, 0.2) is 0 Å². The highest BCUT2D eigenvalue weighted by Gasteiger charge is 2.21.